The van der Waals surface area contributed by atoms with Gasteiger partial charge in [0.15, 0.2) is 0 Å². The zero-order valence-electron chi connectivity index (χ0n) is 5.75. The maximum Gasteiger partial charge on any atom is 0.143 e. The third kappa shape index (κ3) is 1.42. The van der Waals surface area contributed by atoms with E-state index in [1.807, 2.05) is 0 Å². The summed E-state index contributed by atoms with van der Waals surface area (Å²) in [5.41, 5.74) is 5.55. The van der Waals surface area contributed by atoms with E-state index in [4.69, 9.17) is 5.73 Å². The Balaban J connectivity index is 2.53. The van der Waals surface area contributed by atoms with Crippen LogP contribution >= 0.6 is 0 Å². The van der Waals surface area contributed by atoms with Crippen LogP contribution in [0.3, 0.4) is 0 Å². The predicted molar refractivity (Wildman–Crippen MR) is 36.4 cm³/mol. The topological polar surface area (TPSA) is 60.2 Å². The molecule has 1 fully saturated rings. The number of hydrogen-bond acceptors (Lipinski definition) is 3. The molecule has 2 unspecified atom stereocenters. The fourth-order valence-corrected chi connectivity index (χ4v) is 1.22. The second-order valence-electron chi connectivity index (χ2n) is 2.74. The first-order valence-corrected chi connectivity index (χ1v) is 3.47. The fourth-order valence-electron chi connectivity index (χ4n) is 1.22. The number of Topliss-reactive ketones (excluding diaryl/α,β-unsaturated/α-hetero) is 1. The lowest BCUT2D eigenvalue weighted by atomic mass is 9.86. The highest BCUT2D eigenvalue weighted by Crippen LogP contribution is 2.17. The summed E-state index contributed by atoms with van der Waals surface area (Å²) in [5.74, 6) is -0.361. The van der Waals surface area contributed by atoms with Gasteiger partial charge in [-0.3, -0.25) is 4.79 Å². The molecule has 0 aromatic carbocycles. The van der Waals surface area contributed by atoms with Gasteiger partial charge in [-0.25, -0.2) is 0 Å². The lowest BCUT2D eigenvalue weighted by Crippen LogP contribution is -2.34. The number of rotatable bonds is 1. The van der Waals surface area contributed by atoms with Gasteiger partial charge in [0.1, 0.15) is 12.1 Å². The fraction of sp³-hybridized carbons (Fsp3) is 0.714. The molecule has 1 aliphatic carbocycles. The van der Waals surface area contributed by atoms with E-state index in [1.54, 1.807) is 0 Å². The molecule has 0 aromatic rings. The number of carbonyl (C=O) groups is 2. The van der Waals surface area contributed by atoms with Crippen molar-refractivity contribution < 1.29 is 9.59 Å². The van der Waals surface area contributed by atoms with Gasteiger partial charge < -0.3 is 10.5 Å². The summed E-state index contributed by atoms with van der Waals surface area (Å²) >= 11 is 0. The molecular weight excluding hydrogens is 130 g/mol. The summed E-state index contributed by atoms with van der Waals surface area (Å²) in [6.07, 6.45) is 2.47. The van der Waals surface area contributed by atoms with Gasteiger partial charge in [0.2, 0.25) is 0 Å². The maximum absolute atomic E-state index is 10.9. The Morgan fingerprint density at radius 3 is 2.80 bits per heavy atom. The average Bonchev–Trinajstić information content (AvgIpc) is 1.94. The van der Waals surface area contributed by atoms with Crippen molar-refractivity contribution in [2.45, 2.75) is 25.3 Å². The molecule has 0 radical (unpaired) electrons. The molecule has 0 spiro atoms. The highest BCUT2D eigenvalue weighted by Gasteiger charge is 2.25. The van der Waals surface area contributed by atoms with Crippen molar-refractivity contribution in [1.82, 2.24) is 0 Å². The minimum absolute atomic E-state index is 0.0490. The SMILES string of the molecule is NC1CCC(=O)C(C=O)C1. The van der Waals surface area contributed by atoms with Crippen molar-refractivity contribution in [3.05, 3.63) is 0 Å². The first kappa shape index (κ1) is 7.41. The second-order valence-corrected chi connectivity index (χ2v) is 2.74. The summed E-state index contributed by atoms with van der Waals surface area (Å²) in [6.45, 7) is 0. The normalized spacial score (nSPS) is 33.9. The molecule has 0 aliphatic heterocycles. The third-order valence-corrected chi connectivity index (χ3v) is 1.90. The minimum Gasteiger partial charge on any atom is -0.328 e. The van der Waals surface area contributed by atoms with Crippen molar-refractivity contribution in [3.63, 3.8) is 0 Å². The van der Waals surface area contributed by atoms with E-state index in [0.717, 1.165) is 6.42 Å². The van der Waals surface area contributed by atoms with Gasteiger partial charge in [-0.2, -0.15) is 0 Å². The van der Waals surface area contributed by atoms with Gasteiger partial charge in [-0.15, -0.1) is 0 Å². The van der Waals surface area contributed by atoms with Crippen LogP contribution in [0.25, 0.3) is 0 Å². The van der Waals surface area contributed by atoms with Crippen LogP contribution in [0, 0.1) is 5.92 Å². The van der Waals surface area contributed by atoms with E-state index in [-0.39, 0.29) is 11.8 Å². The van der Waals surface area contributed by atoms with Crippen LogP contribution < -0.4 is 5.73 Å². The standard InChI is InChI=1S/C7H11NO2/c8-6-1-2-7(10)5(3-6)4-9/h4-6H,1-3,8H2. The maximum atomic E-state index is 10.9. The number of ketones is 1. The van der Waals surface area contributed by atoms with Crippen LogP contribution in [-0.2, 0) is 9.59 Å². The lowest BCUT2D eigenvalue weighted by Gasteiger charge is -2.20. The molecule has 56 valence electrons. The largest absolute Gasteiger partial charge is 0.328 e. The van der Waals surface area contributed by atoms with Crippen molar-refractivity contribution in [2.24, 2.45) is 11.7 Å². The Morgan fingerprint density at radius 2 is 2.30 bits per heavy atom. The second kappa shape index (κ2) is 2.92. The van der Waals surface area contributed by atoms with Crippen molar-refractivity contribution >= 4 is 12.1 Å². The monoisotopic (exact) mass is 141 g/mol. The Kier molecular flexibility index (Phi) is 2.17. The van der Waals surface area contributed by atoms with Crippen LogP contribution in [0.1, 0.15) is 19.3 Å². The van der Waals surface area contributed by atoms with Crippen LogP contribution in [-0.4, -0.2) is 18.1 Å². The van der Waals surface area contributed by atoms with Crippen molar-refractivity contribution in [1.29, 1.82) is 0 Å². The Labute approximate surface area is 59.6 Å². The third-order valence-electron chi connectivity index (χ3n) is 1.90. The van der Waals surface area contributed by atoms with Crippen molar-refractivity contribution in [2.75, 3.05) is 0 Å². The predicted octanol–water partition coefficient (Wildman–Crippen LogP) is -0.118. The molecule has 0 aromatic heterocycles. The average molecular weight is 141 g/mol. The Morgan fingerprint density at radius 1 is 1.60 bits per heavy atom. The van der Waals surface area contributed by atoms with E-state index in [1.165, 1.54) is 0 Å². The number of aldehydes is 1. The molecule has 10 heavy (non-hydrogen) atoms. The Hall–Kier alpha value is -0.700. The molecule has 1 aliphatic rings. The van der Waals surface area contributed by atoms with E-state index in [9.17, 15) is 9.59 Å². The molecule has 0 amide bonds. The summed E-state index contributed by atoms with van der Waals surface area (Å²) < 4.78 is 0. The number of hydrogen-bond donors (Lipinski definition) is 1. The first-order chi connectivity index (χ1) is 4.74. The van der Waals surface area contributed by atoms with Crippen LogP contribution in [0.15, 0.2) is 0 Å². The number of carbonyl (C=O) groups excluding carboxylic acids is 2. The summed E-state index contributed by atoms with van der Waals surface area (Å²) in [6, 6.07) is 0.0490. The van der Waals surface area contributed by atoms with Crippen LogP contribution in [0.2, 0.25) is 0 Å². The Bertz CT molecular complexity index is 156. The molecule has 2 N–H and O–H groups in total. The molecule has 2 atom stereocenters. The molecule has 3 heteroatoms. The van der Waals surface area contributed by atoms with E-state index < -0.39 is 5.92 Å². The van der Waals surface area contributed by atoms with Crippen molar-refractivity contribution in [3.8, 4) is 0 Å². The lowest BCUT2D eigenvalue weighted by molar-refractivity contribution is -0.129. The van der Waals surface area contributed by atoms with E-state index in [2.05, 4.69) is 0 Å². The molecule has 1 saturated carbocycles. The van der Waals surface area contributed by atoms with E-state index in [0.29, 0.717) is 19.1 Å². The summed E-state index contributed by atoms with van der Waals surface area (Å²) in [4.78, 5) is 21.1. The smallest absolute Gasteiger partial charge is 0.143 e. The molecule has 0 saturated heterocycles. The molecule has 1 rings (SSSR count). The molecule has 0 heterocycles. The first-order valence-electron chi connectivity index (χ1n) is 3.47. The van der Waals surface area contributed by atoms with Gasteiger partial charge in [0.25, 0.3) is 0 Å². The van der Waals surface area contributed by atoms with Gasteiger partial charge in [0.05, 0.1) is 5.92 Å². The van der Waals surface area contributed by atoms with Crippen LogP contribution in [0.5, 0.6) is 0 Å². The van der Waals surface area contributed by atoms with Crippen LogP contribution in [0.4, 0.5) is 0 Å². The summed E-state index contributed by atoms with van der Waals surface area (Å²) in [7, 11) is 0. The van der Waals surface area contributed by atoms with Gasteiger partial charge >= 0.3 is 0 Å². The van der Waals surface area contributed by atoms with Gasteiger partial charge in [0, 0.05) is 12.5 Å². The van der Waals surface area contributed by atoms with Gasteiger partial charge in [-0.05, 0) is 12.8 Å². The zero-order chi connectivity index (χ0) is 7.56. The zero-order valence-corrected chi connectivity index (χ0v) is 5.75. The molecule has 3 nitrogen and oxygen atoms in total. The summed E-state index contributed by atoms with van der Waals surface area (Å²) in [5, 5.41) is 0. The number of nitrogens with two attached hydrogens (primary N) is 1. The quantitative estimate of drug-likeness (QED) is 0.409. The molecule has 0 bridgehead atoms. The highest BCUT2D eigenvalue weighted by molar-refractivity contribution is 5.93. The highest BCUT2D eigenvalue weighted by atomic mass is 16.1. The van der Waals surface area contributed by atoms with E-state index >= 15 is 0 Å². The van der Waals surface area contributed by atoms with Gasteiger partial charge in [-0.1, -0.05) is 0 Å². The molecular formula is C7H11NO2. The minimum atomic E-state index is -0.413.